The van der Waals surface area contributed by atoms with Crippen LogP contribution < -0.4 is 32.3 Å². The average molecular weight is 1180 g/mol. The molecule has 0 amide bonds. The summed E-state index contributed by atoms with van der Waals surface area (Å²) in [5.41, 5.74) is 12.0. The fourth-order valence-corrected chi connectivity index (χ4v) is 8.75. The number of aliphatic carboxylic acids is 2. The van der Waals surface area contributed by atoms with Gasteiger partial charge in [0.05, 0.1) is 136 Å². The Labute approximate surface area is 482 Å². The number of methoxy groups -OCH3 is 2. The van der Waals surface area contributed by atoms with Crippen LogP contribution in [0, 0.1) is 0 Å². The summed E-state index contributed by atoms with van der Waals surface area (Å²) in [7, 11) is 2.60. The molecule has 4 aromatic rings. The second kappa shape index (κ2) is 33.4. The van der Waals surface area contributed by atoms with Gasteiger partial charge in [-0.15, -0.1) is 0 Å². The molecule has 0 aromatic heterocycles. The van der Waals surface area contributed by atoms with Gasteiger partial charge in [-0.25, -0.2) is 28.8 Å². The fraction of sp³-hybridized carbons (Fsp3) is 0.310. The SMILES string of the molecule is CCOC(=O)C1=C(COCC[NH3+])NC(C)=C(C(=O)OC)[C@@H]1c1ccccc1Cl.CCOC(=O)C1=C(COCC[NH3+])NC(C)=C(C(=O)OC)[C@@H]1c1ccccc1Cl.O=C(O[C@H](C(=O)[O-])[C@H](OC(=O)c1ccccc1)C(=O)[O-])c1ccccc1. The number of ether oxygens (including phenoxy) is 8. The Morgan fingerprint density at radius 2 is 0.829 bits per heavy atom. The van der Waals surface area contributed by atoms with Crippen LogP contribution in [0.3, 0.4) is 0 Å². The third kappa shape index (κ3) is 17.8. The van der Waals surface area contributed by atoms with E-state index in [2.05, 4.69) is 31.6 Å². The van der Waals surface area contributed by atoms with E-state index >= 15 is 0 Å². The lowest BCUT2D eigenvalue weighted by molar-refractivity contribution is -0.374. The van der Waals surface area contributed by atoms with Gasteiger partial charge in [0.15, 0.2) is 12.2 Å². The minimum Gasteiger partial charge on any atom is -0.546 e. The second-order valence-electron chi connectivity index (χ2n) is 17.3. The molecule has 0 radical (unpaired) electrons. The Morgan fingerprint density at radius 3 is 1.12 bits per heavy atom. The molecule has 8 N–H and O–H groups in total. The van der Waals surface area contributed by atoms with Gasteiger partial charge in [-0.1, -0.05) is 96.0 Å². The number of allylic oxidation sites excluding steroid dienone is 2. The Balaban J connectivity index is 0.000000265. The molecular formula is C58H64Cl2N4O18. The monoisotopic (exact) mass is 1170 g/mol. The van der Waals surface area contributed by atoms with Gasteiger partial charge in [0.2, 0.25) is 0 Å². The third-order valence-corrected chi connectivity index (χ3v) is 12.5. The molecule has 0 fully saturated rings. The Bertz CT molecular complexity index is 2850. The van der Waals surface area contributed by atoms with Gasteiger partial charge in [-0.05, 0) is 75.2 Å². The summed E-state index contributed by atoms with van der Waals surface area (Å²) in [6, 6.07) is 28.7. The van der Waals surface area contributed by atoms with Crippen LogP contribution in [0.25, 0.3) is 0 Å². The zero-order valence-electron chi connectivity index (χ0n) is 45.9. The predicted molar refractivity (Wildman–Crippen MR) is 290 cm³/mol. The number of hydrogen-bond acceptors (Lipinski definition) is 20. The van der Waals surface area contributed by atoms with E-state index in [0.29, 0.717) is 81.4 Å². The van der Waals surface area contributed by atoms with Crippen molar-refractivity contribution in [1.82, 2.24) is 10.6 Å². The molecule has 2 aliphatic rings. The molecule has 0 bridgehead atoms. The maximum atomic E-state index is 12.9. The lowest BCUT2D eigenvalue weighted by Gasteiger charge is -2.31. The number of halogens is 2. The number of benzene rings is 4. The molecule has 4 atom stereocenters. The molecule has 0 aliphatic carbocycles. The number of hydrogen-bond donors (Lipinski definition) is 4. The van der Waals surface area contributed by atoms with Crippen LogP contribution in [0.2, 0.25) is 10.0 Å². The highest BCUT2D eigenvalue weighted by molar-refractivity contribution is 6.32. The molecule has 6 rings (SSSR count). The minimum absolute atomic E-state index is 0.0229. The Morgan fingerprint density at radius 1 is 0.500 bits per heavy atom. The normalized spacial score (nSPS) is 15.3. The molecule has 2 aliphatic heterocycles. The van der Waals surface area contributed by atoms with E-state index in [0.717, 1.165) is 0 Å². The van der Waals surface area contributed by atoms with Crippen LogP contribution in [0.15, 0.2) is 154 Å². The zero-order valence-corrected chi connectivity index (χ0v) is 47.4. The minimum atomic E-state index is -2.39. The topological polar surface area (TPSA) is 336 Å². The zero-order chi connectivity index (χ0) is 60.5. The number of carbonyl (C=O) groups excluding carboxylic acids is 8. The fourth-order valence-electron chi connectivity index (χ4n) is 8.26. The maximum Gasteiger partial charge on any atom is 0.338 e. The summed E-state index contributed by atoms with van der Waals surface area (Å²) in [5.74, 6) is -10.00. The van der Waals surface area contributed by atoms with Crippen molar-refractivity contribution < 1.29 is 97.9 Å². The smallest absolute Gasteiger partial charge is 0.338 e. The highest BCUT2D eigenvalue weighted by Gasteiger charge is 2.41. The van der Waals surface area contributed by atoms with Crippen LogP contribution >= 0.6 is 23.2 Å². The number of carbonyl (C=O) groups is 8. The van der Waals surface area contributed by atoms with Gasteiger partial charge in [0, 0.05) is 21.4 Å². The van der Waals surface area contributed by atoms with E-state index in [9.17, 15) is 48.6 Å². The van der Waals surface area contributed by atoms with E-state index in [1.807, 2.05) is 0 Å². The number of carboxylic acid groups (broad SMARTS) is 2. The van der Waals surface area contributed by atoms with Crippen molar-refractivity contribution in [3.63, 3.8) is 0 Å². The van der Waals surface area contributed by atoms with E-state index < -0.39 is 71.8 Å². The molecule has 2 heterocycles. The summed E-state index contributed by atoms with van der Waals surface area (Å²) in [4.78, 5) is 97.4. The van der Waals surface area contributed by atoms with Crippen LogP contribution in [0.4, 0.5) is 0 Å². The lowest BCUT2D eigenvalue weighted by Crippen LogP contribution is -2.55. The number of dihydropyridines is 2. The van der Waals surface area contributed by atoms with Crippen LogP contribution in [0.5, 0.6) is 0 Å². The highest BCUT2D eigenvalue weighted by atomic mass is 35.5. The second-order valence-corrected chi connectivity index (χ2v) is 18.1. The summed E-state index contributed by atoms with van der Waals surface area (Å²) in [6.45, 7) is 9.69. The number of quaternary nitrogens is 2. The molecule has 82 heavy (non-hydrogen) atoms. The van der Waals surface area contributed by atoms with Crippen LogP contribution in [0.1, 0.15) is 71.4 Å². The number of nitrogens with one attached hydrogen (secondary N) is 2. The van der Waals surface area contributed by atoms with Crippen molar-refractivity contribution in [3.05, 3.63) is 187 Å². The van der Waals surface area contributed by atoms with Gasteiger partial charge in [0.1, 0.15) is 0 Å². The number of rotatable bonds is 23. The predicted octanol–water partition coefficient (Wildman–Crippen LogP) is 2.04. The molecule has 24 heteroatoms. The largest absolute Gasteiger partial charge is 0.546 e. The van der Waals surface area contributed by atoms with Gasteiger partial charge >= 0.3 is 35.8 Å². The molecule has 0 spiro atoms. The van der Waals surface area contributed by atoms with Crippen molar-refractivity contribution in [2.24, 2.45) is 0 Å². The van der Waals surface area contributed by atoms with Gasteiger partial charge < -0.3 is 79.8 Å². The lowest BCUT2D eigenvalue weighted by atomic mass is 9.80. The molecule has 0 saturated heterocycles. The molecule has 0 saturated carbocycles. The number of carboxylic acids is 2. The van der Waals surface area contributed by atoms with Crippen LogP contribution in [-0.2, 0) is 66.7 Å². The summed E-state index contributed by atoms with van der Waals surface area (Å²) in [6.07, 6.45) is -4.78. The molecule has 0 unspecified atom stereocenters. The first-order valence-corrected chi connectivity index (χ1v) is 26.2. The van der Waals surface area contributed by atoms with Gasteiger partial charge in [-0.3, -0.25) is 0 Å². The van der Waals surface area contributed by atoms with Gasteiger partial charge in [0.25, 0.3) is 0 Å². The van der Waals surface area contributed by atoms with Crippen molar-refractivity contribution in [1.29, 1.82) is 0 Å². The van der Waals surface area contributed by atoms with E-state index in [1.165, 1.54) is 62.8 Å². The first kappa shape index (κ1) is 66.1. The standard InChI is InChI=1S/2C20H25ClN2O5.C18H14O8/c2*1-4-28-20(25)18-15(11-27-10-9-22)23-12(2)16(19(24)26-3)17(18)13-7-5-6-8-14(13)21;19-15(20)13(25-17(23)11-7-3-1-4-8-11)14(16(21)22)26-18(24)12-9-5-2-6-10-12/h2*5-8,17,23H,4,9-11,22H2,1-3H3;1-10,13-14H,(H,19,20)(H,21,22)/t2*17-;13-,14-/m000/s1. The van der Waals surface area contributed by atoms with Crippen molar-refractivity contribution in [2.45, 2.75) is 51.7 Å². The molecule has 4 aromatic carbocycles. The van der Waals surface area contributed by atoms with Crippen molar-refractivity contribution in [2.75, 3.05) is 67.0 Å². The molecule has 22 nitrogen and oxygen atoms in total. The molecular weight excluding hydrogens is 1110 g/mol. The number of esters is 6. The summed E-state index contributed by atoms with van der Waals surface area (Å²) < 4.78 is 41.1. The van der Waals surface area contributed by atoms with E-state index in [4.69, 9.17) is 51.6 Å². The first-order valence-electron chi connectivity index (χ1n) is 25.4. The van der Waals surface area contributed by atoms with E-state index in [1.54, 1.807) is 88.4 Å². The van der Waals surface area contributed by atoms with Crippen molar-refractivity contribution in [3.8, 4) is 0 Å². The Kier molecular flexibility index (Phi) is 26.9. The Hall–Kier alpha value is -8.38. The first-order chi connectivity index (χ1) is 39.3. The summed E-state index contributed by atoms with van der Waals surface area (Å²) >= 11 is 12.9. The van der Waals surface area contributed by atoms with Gasteiger partial charge in [-0.2, -0.15) is 0 Å². The maximum absolute atomic E-state index is 12.9. The van der Waals surface area contributed by atoms with Crippen LogP contribution in [-0.4, -0.2) is 127 Å². The third-order valence-electron chi connectivity index (χ3n) is 11.8. The summed E-state index contributed by atoms with van der Waals surface area (Å²) in [5, 5.41) is 29.6. The average Bonchev–Trinajstić information content (AvgIpc) is 2.11. The quantitative estimate of drug-likeness (QED) is 0.0469. The van der Waals surface area contributed by atoms with E-state index in [-0.39, 0.29) is 48.7 Å². The van der Waals surface area contributed by atoms with Crippen molar-refractivity contribution >= 4 is 71.0 Å². The molecule has 438 valence electrons. The highest BCUT2D eigenvalue weighted by Crippen LogP contribution is 2.43.